The van der Waals surface area contributed by atoms with Gasteiger partial charge in [-0.25, -0.2) is 0 Å². The minimum atomic E-state index is -0.0478. The Labute approximate surface area is 127 Å². The molecule has 1 amide bonds. The van der Waals surface area contributed by atoms with Gasteiger partial charge >= 0.3 is 0 Å². The molecule has 0 bridgehead atoms. The van der Waals surface area contributed by atoms with Crippen molar-refractivity contribution in [2.24, 2.45) is 0 Å². The van der Waals surface area contributed by atoms with E-state index >= 15 is 0 Å². The van der Waals surface area contributed by atoms with Crippen LogP contribution in [-0.4, -0.2) is 51.1 Å². The summed E-state index contributed by atoms with van der Waals surface area (Å²) in [5, 5.41) is 2.96. The Bertz CT molecular complexity index is 481. The van der Waals surface area contributed by atoms with Gasteiger partial charge in [-0.15, -0.1) is 0 Å². The van der Waals surface area contributed by atoms with E-state index in [9.17, 15) is 4.79 Å². The van der Waals surface area contributed by atoms with Crippen LogP contribution in [0.3, 0.4) is 0 Å². The Morgan fingerprint density at radius 2 is 2.05 bits per heavy atom. The van der Waals surface area contributed by atoms with Crippen LogP contribution in [0.25, 0.3) is 0 Å². The minimum Gasteiger partial charge on any atom is -0.397 e. The molecule has 0 atom stereocenters. The number of amides is 1. The van der Waals surface area contributed by atoms with Crippen molar-refractivity contribution in [2.75, 3.05) is 50.9 Å². The van der Waals surface area contributed by atoms with Crippen molar-refractivity contribution in [1.82, 2.24) is 10.2 Å². The summed E-state index contributed by atoms with van der Waals surface area (Å²) in [6.07, 6.45) is 3.62. The number of nitrogen functional groups attached to an aromatic ring is 1. The van der Waals surface area contributed by atoms with Crippen LogP contribution in [0, 0.1) is 0 Å². The first kappa shape index (κ1) is 15.6. The number of carbonyl (C=O) groups excluding carboxylic acids is 1. The Morgan fingerprint density at radius 1 is 1.33 bits per heavy atom. The monoisotopic (exact) mass is 290 g/mol. The predicted octanol–water partition coefficient (Wildman–Crippen LogP) is 1.55. The molecule has 1 aromatic carbocycles. The molecule has 5 heteroatoms. The maximum absolute atomic E-state index is 12.1. The van der Waals surface area contributed by atoms with E-state index in [4.69, 9.17) is 5.73 Å². The van der Waals surface area contributed by atoms with Crippen molar-refractivity contribution < 1.29 is 4.79 Å². The van der Waals surface area contributed by atoms with Gasteiger partial charge in [-0.1, -0.05) is 0 Å². The average Bonchev–Trinajstić information content (AvgIpc) is 2.96. The zero-order valence-corrected chi connectivity index (χ0v) is 13.1. The van der Waals surface area contributed by atoms with Gasteiger partial charge < -0.3 is 20.9 Å². The van der Waals surface area contributed by atoms with E-state index in [-0.39, 0.29) is 5.91 Å². The van der Waals surface area contributed by atoms with Crippen LogP contribution in [-0.2, 0) is 0 Å². The first-order valence-electron chi connectivity index (χ1n) is 7.65. The summed E-state index contributed by atoms with van der Waals surface area (Å²) >= 11 is 0. The number of carbonyl (C=O) groups is 1. The second-order valence-corrected chi connectivity index (χ2v) is 5.83. The molecule has 1 aliphatic rings. The summed E-state index contributed by atoms with van der Waals surface area (Å²) in [6.45, 7) is 4.19. The van der Waals surface area contributed by atoms with Crippen LogP contribution in [0.5, 0.6) is 0 Å². The number of anilines is 2. The normalized spacial score (nSPS) is 15.1. The Balaban J connectivity index is 1.78. The van der Waals surface area contributed by atoms with Gasteiger partial charge in [0.2, 0.25) is 0 Å². The average molecular weight is 290 g/mol. The lowest BCUT2D eigenvalue weighted by molar-refractivity contribution is 0.0952. The number of nitrogens with one attached hydrogen (secondary N) is 1. The van der Waals surface area contributed by atoms with E-state index in [0.717, 1.165) is 18.7 Å². The molecule has 116 valence electrons. The smallest absolute Gasteiger partial charge is 0.251 e. The second-order valence-electron chi connectivity index (χ2n) is 5.83. The molecule has 21 heavy (non-hydrogen) atoms. The summed E-state index contributed by atoms with van der Waals surface area (Å²) in [5.41, 5.74) is 8.15. The topological polar surface area (TPSA) is 61.6 Å². The molecular weight excluding hydrogens is 264 g/mol. The van der Waals surface area contributed by atoms with E-state index < -0.39 is 0 Å². The largest absolute Gasteiger partial charge is 0.397 e. The van der Waals surface area contributed by atoms with E-state index in [2.05, 4.69) is 10.2 Å². The standard InChI is InChI=1S/C16H26N4O/c1-19(2)15-7-6-13(12-14(15)17)16(21)18-8-5-11-20-9-3-4-10-20/h6-7,12H,3-5,8-11,17H2,1-2H3,(H,18,21). The van der Waals surface area contributed by atoms with Crippen LogP contribution in [0.2, 0.25) is 0 Å². The third kappa shape index (κ3) is 4.36. The minimum absolute atomic E-state index is 0.0478. The van der Waals surface area contributed by atoms with E-state index in [0.29, 0.717) is 17.8 Å². The van der Waals surface area contributed by atoms with Gasteiger partial charge in [0.1, 0.15) is 0 Å². The van der Waals surface area contributed by atoms with Gasteiger partial charge in [0, 0.05) is 26.2 Å². The zero-order chi connectivity index (χ0) is 15.2. The highest BCUT2D eigenvalue weighted by atomic mass is 16.1. The molecule has 1 saturated heterocycles. The van der Waals surface area contributed by atoms with Gasteiger partial charge in [-0.2, -0.15) is 0 Å². The summed E-state index contributed by atoms with van der Waals surface area (Å²) < 4.78 is 0. The molecular formula is C16H26N4O. The molecule has 1 heterocycles. The highest BCUT2D eigenvalue weighted by molar-refractivity contribution is 5.96. The summed E-state index contributed by atoms with van der Waals surface area (Å²) in [6, 6.07) is 5.45. The number of nitrogens with two attached hydrogens (primary N) is 1. The van der Waals surface area contributed by atoms with Crippen LogP contribution in [0.1, 0.15) is 29.6 Å². The molecule has 5 nitrogen and oxygen atoms in total. The lowest BCUT2D eigenvalue weighted by Gasteiger charge is -2.16. The Hall–Kier alpha value is -1.75. The molecule has 0 aliphatic carbocycles. The number of nitrogens with zero attached hydrogens (tertiary/aromatic N) is 2. The van der Waals surface area contributed by atoms with Crippen LogP contribution < -0.4 is 16.0 Å². The third-order valence-corrected chi connectivity index (χ3v) is 3.91. The highest BCUT2D eigenvalue weighted by Crippen LogP contribution is 2.22. The van der Waals surface area contributed by atoms with Crippen LogP contribution >= 0.6 is 0 Å². The van der Waals surface area contributed by atoms with Crippen molar-refractivity contribution in [3.8, 4) is 0 Å². The number of hydrogen-bond acceptors (Lipinski definition) is 4. The molecule has 1 fully saturated rings. The maximum Gasteiger partial charge on any atom is 0.251 e. The molecule has 1 aromatic rings. The lowest BCUT2D eigenvalue weighted by Crippen LogP contribution is -2.28. The molecule has 3 N–H and O–H groups in total. The molecule has 1 aliphatic heterocycles. The van der Waals surface area contributed by atoms with Gasteiger partial charge in [-0.3, -0.25) is 4.79 Å². The number of likely N-dealkylation sites (tertiary alicyclic amines) is 1. The van der Waals surface area contributed by atoms with Gasteiger partial charge in [0.25, 0.3) is 5.91 Å². The van der Waals surface area contributed by atoms with Crippen molar-refractivity contribution in [2.45, 2.75) is 19.3 Å². The highest BCUT2D eigenvalue weighted by Gasteiger charge is 2.11. The summed E-state index contributed by atoms with van der Waals surface area (Å²) in [7, 11) is 3.87. The lowest BCUT2D eigenvalue weighted by atomic mass is 10.1. The Kier molecular flexibility index (Phi) is 5.44. The molecule has 2 rings (SSSR count). The molecule has 0 spiro atoms. The predicted molar refractivity (Wildman–Crippen MR) is 87.8 cm³/mol. The van der Waals surface area contributed by atoms with Crippen molar-refractivity contribution in [3.05, 3.63) is 23.8 Å². The van der Waals surface area contributed by atoms with E-state index in [1.165, 1.54) is 25.9 Å². The van der Waals surface area contributed by atoms with Crippen molar-refractivity contribution in [3.63, 3.8) is 0 Å². The fraction of sp³-hybridized carbons (Fsp3) is 0.562. The first-order valence-corrected chi connectivity index (χ1v) is 7.65. The summed E-state index contributed by atoms with van der Waals surface area (Å²) in [4.78, 5) is 16.5. The van der Waals surface area contributed by atoms with Crippen molar-refractivity contribution in [1.29, 1.82) is 0 Å². The quantitative estimate of drug-likeness (QED) is 0.616. The Morgan fingerprint density at radius 3 is 2.67 bits per heavy atom. The van der Waals surface area contributed by atoms with Gasteiger partial charge in [0.15, 0.2) is 0 Å². The molecule has 0 saturated carbocycles. The molecule has 0 aromatic heterocycles. The number of rotatable bonds is 6. The van der Waals surface area contributed by atoms with Crippen LogP contribution in [0.4, 0.5) is 11.4 Å². The first-order chi connectivity index (χ1) is 10.1. The van der Waals surface area contributed by atoms with Crippen molar-refractivity contribution >= 4 is 17.3 Å². The fourth-order valence-corrected chi connectivity index (χ4v) is 2.72. The zero-order valence-electron chi connectivity index (χ0n) is 13.1. The van der Waals surface area contributed by atoms with Crippen LogP contribution in [0.15, 0.2) is 18.2 Å². The van der Waals surface area contributed by atoms with Gasteiger partial charge in [-0.05, 0) is 57.1 Å². The number of benzene rings is 1. The SMILES string of the molecule is CN(C)c1ccc(C(=O)NCCCN2CCCC2)cc1N. The van der Waals surface area contributed by atoms with Gasteiger partial charge in [0.05, 0.1) is 11.4 Å². The maximum atomic E-state index is 12.1. The van der Waals surface area contributed by atoms with E-state index in [1.54, 1.807) is 6.07 Å². The number of hydrogen-bond donors (Lipinski definition) is 2. The molecule has 0 radical (unpaired) electrons. The fourth-order valence-electron chi connectivity index (χ4n) is 2.72. The van der Waals surface area contributed by atoms with E-state index in [1.807, 2.05) is 31.1 Å². The second kappa shape index (κ2) is 7.31. The summed E-state index contributed by atoms with van der Waals surface area (Å²) in [5.74, 6) is -0.0478. The third-order valence-electron chi connectivity index (χ3n) is 3.91. The molecule has 0 unspecified atom stereocenters.